The fourth-order valence-corrected chi connectivity index (χ4v) is 2.57. The van der Waals surface area contributed by atoms with Crippen molar-refractivity contribution in [3.63, 3.8) is 0 Å². The van der Waals surface area contributed by atoms with Crippen molar-refractivity contribution in [2.45, 2.75) is 13.2 Å². The molecule has 3 rings (SSSR count). The molecular weight excluding hydrogens is 366 g/mol. The zero-order valence-electron chi connectivity index (χ0n) is 15.0. The summed E-state index contributed by atoms with van der Waals surface area (Å²) in [4.78, 5) is 13.7. The van der Waals surface area contributed by atoms with E-state index in [4.69, 9.17) is 14.4 Å². The molecule has 2 aromatic carbocycles. The molecule has 0 aliphatic rings. The second-order valence-electron chi connectivity index (χ2n) is 6.06. The van der Waals surface area contributed by atoms with E-state index in [1.54, 1.807) is 30.3 Å². The summed E-state index contributed by atoms with van der Waals surface area (Å²) in [5.41, 5.74) is 0.590. The predicted molar refractivity (Wildman–Crippen MR) is 96.4 cm³/mol. The lowest BCUT2D eigenvalue weighted by molar-refractivity contribution is 0.0748. The van der Waals surface area contributed by atoms with Gasteiger partial charge < -0.3 is 14.1 Å². The molecule has 28 heavy (non-hydrogen) atoms. The number of carbonyl (C=O) groups is 1. The predicted octanol–water partition coefficient (Wildman–Crippen LogP) is 4.28. The Morgan fingerprint density at radius 1 is 1.18 bits per heavy atom. The Morgan fingerprint density at radius 3 is 2.71 bits per heavy atom. The number of benzene rings is 2. The van der Waals surface area contributed by atoms with E-state index in [-0.39, 0.29) is 24.5 Å². The first-order valence-corrected chi connectivity index (χ1v) is 8.38. The van der Waals surface area contributed by atoms with Gasteiger partial charge in [-0.05, 0) is 30.3 Å². The summed E-state index contributed by atoms with van der Waals surface area (Å²) in [6.07, 6.45) is 0. The number of halogens is 2. The van der Waals surface area contributed by atoms with E-state index in [1.165, 1.54) is 24.1 Å². The number of nitrogens with zero attached hydrogens (tertiary/aromatic N) is 2. The molecule has 5 nitrogen and oxygen atoms in total. The van der Waals surface area contributed by atoms with Crippen LogP contribution < -0.4 is 4.74 Å². The summed E-state index contributed by atoms with van der Waals surface area (Å²) >= 11 is 0. The van der Waals surface area contributed by atoms with E-state index < -0.39 is 17.5 Å². The van der Waals surface area contributed by atoms with Gasteiger partial charge >= 0.3 is 0 Å². The average Bonchev–Trinajstić information content (AvgIpc) is 3.17. The summed E-state index contributed by atoms with van der Waals surface area (Å²) < 4.78 is 37.8. The lowest BCUT2D eigenvalue weighted by Crippen LogP contribution is -2.26. The normalized spacial score (nSPS) is 10.4. The number of amides is 1. The standard InChI is InChI=1S/C21H16F2N2O3/c1-25(12-15-6-7-16(22)10-18(15)23)21(26)20-9-8-17(28-20)13-27-19-5-3-2-4-14(19)11-24/h2-10H,12-13H2,1H3. The Morgan fingerprint density at radius 2 is 1.96 bits per heavy atom. The van der Waals surface area contributed by atoms with E-state index in [0.717, 1.165) is 12.1 Å². The zero-order valence-corrected chi connectivity index (χ0v) is 15.0. The average molecular weight is 382 g/mol. The lowest BCUT2D eigenvalue weighted by atomic mass is 10.2. The van der Waals surface area contributed by atoms with Crippen LogP contribution in [0.25, 0.3) is 0 Å². The lowest BCUT2D eigenvalue weighted by Gasteiger charge is -2.16. The molecule has 0 unspecified atom stereocenters. The van der Waals surface area contributed by atoms with Gasteiger partial charge in [-0.25, -0.2) is 8.78 Å². The highest BCUT2D eigenvalue weighted by molar-refractivity contribution is 5.91. The molecule has 0 fully saturated rings. The molecule has 0 radical (unpaired) electrons. The highest BCUT2D eigenvalue weighted by Gasteiger charge is 2.18. The molecule has 0 aliphatic carbocycles. The first-order chi connectivity index (χ1) is 13.5. The third-order valence-corrected chi connectivity index (χ3v) is 4.02. The topological polar surface area (TPSA) is 66.5 Å². The van der Waals surface area contributed by atoms with Crippen LogP contribution in [0.5, 0.6) is 5.75 Å². The van der Waals surface area contributed by atoms with Crippen LogP contribution in [0.4, 0.5) is 8.78 Å². The Labute approximate surface area is 160 Å². The molecule has 0 spiro atoms. The molecule has 0 N–H and O–H groups in total. The van der Waals surface area contributed by atoms with Gasteiger partial charge in [-0.2, -0.15) is 5.26 Å². The molecule has 0 saturated heterocycles. The van der Waals surface area contributed by atoms with E-state index in [2.05, 4.69) is 0 Å². The van der Waals surface area contributed by atoms with Crippen molar-refractivity contribution in [2.75, 3.05) is 7.05 Å². The third kappa shape index (κ3) is 4.35. The van der Waals surface area contributed by atoms with Gasteiger partial charge in [0.1, 0.15) is 35.8 Å². The van der Waals surface area contributed by atoms with Crippen LogP contribution in [0.2, 0.25) is 0 Å². The van der Waals surface area contributed by atoms with Crippen molar-refractivity contribution < 1.29 is 22.7 Å². The van der Waals surface area contributed by atoms with Crippen LogP contribution >= 0.6 is 0 Å². The summed E-state index contributed by atoms with van der Waals surface area (Å²) in [7, 11) is 1.49. The van der Waals surface area contributed by atoms with Gasteiger partial charge in [0.2, 0.25) is 0 Å². The van der Waals surface area contributed by atoms with Crippen LogP contribution in [-0.4, -0.2) is 17.9 Å². The molecule has 7 heteroatoms. The number of hydrogen-bond acceptors (Lipinski definition) is 4. The molecule has 0 saturated carbocycles. The highest BCUT2D eigenvalue weighted by Crippen LogP contribution is 2.20. The third-order valence-electron chi connectivity index (χ3n) is 4.02. The fourth-order valence-electron chi connectivity index (χ4n) is 2.57. The Kier molecular flexibility index (Phi) is 5.70. The van der Waals surface area contributed by atoms with Gasteiger partial charge in [-0.3, -0.25) is 4.79 Å². The van der Waals surface area contributed by atoms with Gasteiger partial charge in [0.15, 0.2) is 5.76 Å². The number of hydrogen-bond donors (Lipinski definition) is 0. The first-order valence-electron chi connectivity index (χ1n) is 8.38. The molecule has 142 valence electrons. The quantitative estimate of drug-likeness (QED) is 0.638. The molecular formula is C21H16F2N2O3. The SMILES string of the molecule is CN(Cc1ccc(F)cc1F)C(=O)c1ccc(COc2ccccc2C#N)o1. The maximum atomic E-state index is 13.8. The van der Waals surface area contributed by atoms with Crippen LogP contribution in [0.3, 0.4) is 0 Å². The van der Waals surface area contributed by atoms with Gasteiger partial charge in [0.25, 0.3) is 5.91 Å². The van der Waals surface area contributed by atoms with E-state index in [1.807, 2.05) is 6.07 Å². The number of para-hydroxylation sites is 1. The maximum Gasteiger partial charge on any atom is 0.289 e. The summed E-state index contributed by atoms with van der Waals surface area (Å²) in [6, 6.07) is 15.1. The second-order valence-corrected chi connectivity index (χ2v) is 6.06. The summed E-state index contributed by atoms with van der Waals surface area (Å²) in [5, 5.41) is 9.06. The Balaban J connectivity index is 1.64. The fraction of sp³-hybridized carbons (Fsp3) is 0.143. The Bertz CT molecular complexity index is 1040. The van der Waals surface area contributed by atoms with Crippen molar-refractivity contribution in [3.05, 3.63) is 88.9 Å². The minimum Gasteiger partial charge on any atom is -0.484 e. The summed E-state index contributed by atoms with van der Waals surface area (Å²) in [5.74, 6) is -0.964. The molecule has 0 bridgehead atoms. The minimum atomic E-state index is -0.718. The molecule has 0 aliphatic heterocycles. The van der Waals surface area contributed by atoms with Gasteiger partial charge in [0, 0.05) is 25.2 Å². The van der Waals surface area contributed by atoms with Crippen molar-refractivity contribution in [2.24, 2.45) is 0 Å². The Hall–Kier alpha value is -3.66. The minimum absolute atomic E-state index is 0.0347. The van der Waals surface area contributed by atoms with Crippen LogP contribution in [0.1, 0.15) is 27.4 Å². The molecule has 1 heterocycles. The van der Waals surface area contributed by atoms with Gasteiger partial charge in [-0.15, -0.1) is 0 Å². The van der Waals surface area contributed by atoms with Crippen LogP contribution in [0.15, 0.2) is 59.0 Å². The molecule has 3 aromatic rings. The molecule has 0 atom stereocenters. The van der Waals surface area contributed by atoms with Crippen molar-refractivity contribution in [3.8, 4) is 11.8 Å². The highest BCUT2D eigenvalue weighted by atomic mass is 19.1. The smallest absolute Gasteiger partial charge is 0.289 e. The molecule has 1 aromatic heterocycles. The first kappa shape index (κ1) is 19.1. The van der Waals surface area contributed by atoms with E-state index >= 15 is 0 Å². The summed E-state index contributed by atoms with van der Waals surface area (Å²) in [6.45, 7) is 0.00923. The zero-order chi connectivity index (χ0) is 20.1. The number of nitriles is 1. The van der Waals surface area contributed by atoms with Crippen LogP contribution in [0, 0.1) is 23.0 Å². The monoisotopic (exact) mass is 382 g/mol. The second kappa shape index (κ2) is 8.35. The number of carbonyl (C=O) groups excluding carboxylic acids is 1. The van der Waals surface area contributed by atoms with Crippen molar-refractivity contribution in [1.29, 1.82) is 5.26 Å². The molecule has 1 amide bonds. The van der Waals surface area contributed by atoms with Crippen molar-refractivity contribution in [1.82, 2.24) is 4.90 Å². The van der Waals surface area contributed by atoms with Crippen LogP contribution in [-0.2, 0) is 13.2 Å². The number of rotatable bonds is 6. The van der Waals surface area contributed by atoms with Gasteiger partial charge in [-0.1, -0.05) is 18.2 Å². The van der Waals surface area contributed by atoms with Gasteiger partial charge in [0.05, 0.1) is 5.56 Å². The number of ether oxygens (including phenoxy) is 1. The van der Waals surface area contributed by atoms with Crippen molar-refractivity contribution >= 4 is 5.91 Å². The maximum absolute atomic E-state index is 13.8. The van der Waals surface area contributed by atoms with E-state index in [9.17, 15) is 13.6 Å². The largest absolute Gasteiger partial charge is 0.484 e. The van der Waals surface area contributed by atoms with E-state index in [0.29, 0.717) is 17.1 Å². The number of furan rings is 1.